The van der Waals surface area contributed by atoms with Gasteiger partial charge in [-0.05, 0) is 48.4 Å². The lowest BCUT2D eigenvalue weighted by Crippen LogP contribution is -2.18. The molecule has 21 heavy (non-hydrogen) atoms. The summed E-state index contributed by atoms with van der Waals surface area (Å²) < 4.78 is 23.9. The Labute approximate surface area is 123 Å². The largest absolute Gasteiger partial charge is 0.486 e. The quantitative estimate of drug-likeness (QED) is 0.858. The van der Waals surface area contributed by atoms with Crippen LogP contribution in [0.4, 0.5) is 4.39 Å². The normalized spacial score (nSPS) is 13.2. The summed E-state index contributed by atoms with van der Waals surface area (Å²) in [5.74, 6) is 1.44. The van der Waals surface area contributed by atoms with Gasteiger partial charge in [0.25, 0.3) is 0 Å². The first-order chi connectivity index (χ1) is 10.3. The van der Waals surface area contributed by atoms with Crippen molar-refractivity contribution in [2.45, 2.75) is 13.0 Å². The van der Waals surface area contributed by atoms with Crippen molar-refractivity contribution in [1.82, 2.24) is 5.32 Å². The molecule has 1 heterocycles. The predicted molar refractivity (Wildman–Crippen MR) is 79.2 cm³/mol. The van der Waals surface area contributed by atoms with Crippen LogP contribution in [0.25, 0.3) is 0 Å². The number of rotatable bonds is 5. The zero-order valence-electron chi connectivity index (χ0n) is 11.8. The van der Waals surface area contributed by atoms with Crippen LogP contribution < -0.4 is 14.8 Å². The van der Waals surface area contributed by atoms with E-state index in [0.717, 1.165) is 36.6 Å². The average Bonchev–Trinajstić information content (AvgIpc) is 2.53. The minimum absolute atomic E-state index is 0.192. The zero-order valence-corrected chi connectivity index (χ0v) is 11.8. The highest BCUT2D eigenvalue weighted by Gasteiger charge is 2.11. The predicted octanol–water partition coefficient (Wildman–Crippen LogP) is 2.93. The van der Waals surface area contributed by atoms with E-state index in [2.05, 4.69) is 5.32 Å². The lowest BCUT2D eigenvalue weighted by Gasteiger charge is -2.19. The maximum absolute atomic E-state index is 12.8. The molecule has 1 aliphatic rings. The van der Waals surface area contributed by atoms with E-state index in [4.69, 9.17) is 9.47 Å². The lowest BCUT2D eigenvalue weighted by atomic mass is 10.1. The summed E-state index contributed by atoms with van der Waals surface area (Å²) in [5.41, 5.74) is 2.30. The van der Waals surface area contributed by atoms with Gasteiger partial charge in [-0.25, -0.2) is 4.39 Å². The molecule has 0 radical (unpaired) electrons. The van der Waals surface area contributed by atoms with E-state index in [9.17, 15) is 4.39 Å². The topological polar surface area (TPSA) is 30.5 Å². The van der Waals surface area contributed by atoms with Gasteiger partial charge in [-0.1, -0.05) is 18.2 Å². The summed E-state index contributed by atoms with van der Waals surface area (Å²) in [6.45, 7) is 2.84. The van der Waals surface area contributed by atoms with Gasteiger partial charge in [0.2, 0.25) is 0 Å². The second-order valence-corrected chi connectivity index (χ2v) is 5.03. The highest BCUT2D eigenvalue weighted by Crippen LogP contribution is 2.30. The average molecular weight is 287 g/mol. The van der Waals surface area contributed by atoms with Crippen LogP contribution in [0.3, 0.4) is 0 Å². The molecule has 1 aliphatic heterocycles. The van der Waals surface area contributed by atoms with Crippen molar-refractivity contribution >= 4 is 0 Å². The van der Waals surface area contributed by atoms with E-state index in [1.54, 1.807) is 0 Å². The number of halogens is 1. The van der Waals surface area contributed by atoms with Crippen molar-refractivity contribution in [2.75, 3.05) is 19.8 Å². The van der Waals surface area contributed by atoms with Gasteiger partial charge >= 0.3 is 0 Å². The van der Waals surface area contributed by atoms with Crippen LogP contribution in [-0.4, -0.2) is 19.8 Å². The fourth-order valence-electron chi connectivity index (χ4n) is 2.31. The van der Waals surface area contributed by atoms with Crippen LogP contribution in [-0.2, 0) is 13.0 Å². The summed E-state index contributed by atoms with van der Waals surface area (Å²) in [4.78, 5) is 0. The van der Waals surface area contributed by atoms with Crippen molar-refractivity contribution in [3.8, 4) is 11.5 Å². The molecule has 2 aromatic carbocycles. The van der Waals surface area contributed by atoms with Gasteiger partial charge in [-0.15, -0.1) is 0 Å². The Hall–Kier alpha value is -2.07. The summed E-state index contributed by atoms with van der Waals surface area (Å²) in [7, 11) is 0. The van der Waals surface area contributed by atoms with Crippen molar-refractivity contribution < 1.29 is 13.9 Å². The van der Waals surface area contributed by atoms with Gasteiger partial charge in [0.15, 0.2) is 11.5 Å². The number of ether oxygens (including phenoxy) is 2. The van der Waals surface area contributed by atoms with E-state index in [-0.39, 0.29) is 5.82 Å². The molecule has 0 spiro atoms. The van der Waals surface area contributed by atoms with Crippen LogP contribution in [0.5, 0.6) is 11.5 Å². The molecule has 110 valence electrons. The maximum Gasteiger partial charge on any atom is 0.161 e. The maximum atomic E-state index is 12.8. The minimum atomic E-state index is -0.192. The number of hydrogen-bond acceptors (Lipinski definition) is 3. The Balaban J connectivity index is 1.48. The smallest absolute Gasteiger partial charge is 0.161 e. The number of fused-ring (bicyclic) bond motifs is 1. The van der Waals surface area contributed by atoms with Gasteiger partial charge in [-0.2, -0.15) is 0 Å². The first kappa shape index (κ1) is 13.9. The van der Waals surface area contributed by atoms with Gasteiger partial charge < -0.3 is 14.8 Å². The number of nitrogens with one attached hydrogen (secondary N) is 1. The molecule has 4 heteroatoms. The van der Waals surface area contributed by atoms with Crippen LogP contribution in [0.1, 0.15) is 11.1 Å². The Morgan fingerprint density at radius 1 is 0.905 bits per heavy atom. The summed E-state index contributed by atoms with van der Waals surface area (Å²) in [5, 5.41) is 3.38. The molecule has 0 aliphatic carbocycles. The number of benzene rings is 2. The minimum Gasteiger partial charge on any atom is -0.486 e. The second-order valence-electron chi connectivity index (χ2n) is 5.03. The Morgan fingerprint density at radius 3 is 2.43 bits per heavy atom. The van der Waals surface area contributed by atoms with Crippen molar-refractivity contribution in [3.05, 3.63) is 59.4 Å². The van der Waals surface area contributed by atoms with E-state index in [0.29, 0.717) is 13.2 Å². The molecule has 3 rings (SSSR count). The highest BCUT2D eigenvalue weighted by molar-refractivity contribution is 5.43. The molecule has 2 aromatic rings. The molecule has 0 atom stereocenters. The van der Waals surface area contributed by atoms with E-state index < -0.39 is 0 Å². The van der Waals surface area contributed by atoms with Crippen LogP contribution >= 0.6 is 0 Å². The zero-order chi connectivity index (χ0) is 14.5. The molecule has 0 bridgehead atoms. The molecule has 0 unspecified atom stereocenters. The Morgan fingerprint density at radius 2 is 1.62 bits per heavy atom. The monoisotopic (exact) mass is 287 g/mol. The molecule has 0 saturated heterocycles. The third-order valence-corrected chi connectivity index (χ3v) is 3.44. The van der Waals surface area contributed by atoms with Crippen molar-refractivity contribution in [1.29, 1.82) is 0 Å². The van der Waals surface area contributed by atoms with Crippen molar-refractivity contribution in [2.24, 2.45) is 0 Å². The summed E-state index contributed by atoms with van der Waals surface area (Å²) in [6, 6.07) is 12.6. The molecule has 0 aromatic heterocycles. The van der Waals surface area contributed by atoms with Gasteiger partial charge in [-0.3, -0.25) is 0 Å². The second kappa shape index (κ2) is 6.59. The molecule has 0 saturated carbocycles. The molecule has 0 amide bonds. The van der Waals surface area contributed by atoms with E-state index in [1.807, 2.05) is 30.3 Å². The third kappa shape index (κ3) is 3.73. The highest BCUT2D eigenvalue weighted by atomic mass is 19.1. The third-order valence-electron chi connectivity index (χ3n) is 3.44. The standard InChI is InChI=1S/C17H18FNO2/c18-15-4-1-13(2-5-15)7-8-19-12-14-3-6-16-17(11-14)21-10-9-20-16/h1-6,11,19H,7-10,12H2. The fraction of sp³-hybridized carbons (Fsp3) is 0.294. The first-order valence-electron chi connectivity index (χ1n) is 7.15. The van der Waals surface area contributed by atoms with Crippen LogP contribution in [0.15, 0.2) is 42.5 Å². The molecular weight excluding hydrogens is 269 g/mol. The summed E-state index contributed by atoms with van der Waals surface area (Å²) in [6.07, 6.45) is 0.880. The molecule has 3 nitrogen and oxygen atoms in total. The van der Waals surface area contributed by atoms with Gasteiger partial charge in [0, 0.05) is 6.54 Å². The van der Waals surface area contributed by atoms with Crippen molar-refractivity contribution in [3.63, 3.8) is 0 Å². The fourth-order valence-corrected chi connectivity index (χ4v) is 2.31. The Bertz CT molecular complexity index is 598. The van der Waals surface area contributed by atoms with E-state index in [1.165, 1.54) is 17.7 Å². The molecule has 0 fully saturated rings. The van der Waals surface area contributed by atoms with Crippen LogP contribution in [0.2, 0.25) is 0 Å². The number of hydrogen-bond donors (Lipinski definition) is 1. The molecule has 1 N–H and O–H groups in total. The lowest BCUT2D eigenvalue weighted by molar-refractivity contribution is 0.171. The first-order valence-corrected chi connectivity index (χ1v) is 7.15. The molecular formula is C17H18FNO2. The van der Waals surface area contributed by atoms with E-state index >= 15 is 0 Å². The van der Waals surface area contributed by atoms with Gasteiger partial charge in [0.05, 0.1) is 0 Å². The SMILES string of the molecule is Fc1ccc(CCNCc2ccc3c(c2)OCCO3)cc1. The summed E-state index contributed by atoms with van der Waals surface area (Å²) >= 11 is 0. The van der Waals surface area contributed by atoms with Crippen LogP contribution in [0, 0.1) is 5.82 Å². The Kier molecular flexibility index (Phi) is 4.36. The van der Waals surface area contributed by atoms with Gasteiger partial charge in [0.1, 0.15) is 19.0 Å².